The summed E-state index contributed by atoms with van der Waals surface area (Å²) in [6.07, 6.45) is 2.31. The Kier molecular flexibility index (Phi) is 3.78. The van der Waals surface area contributed by atoms with Gasteiger partial charge in [0, 0.05) is 11.6 Å². The van der Waals surface area contributed by atoms with E-state index in [0.29, 0.717) is 11.6 Å². The van der Waals surface area contributed by atoms with Crippen molar-refractivity contribution in [1.82, 2.24) is 4.98 Å². The normalized spacial score (nSPS) is 15.9. The van der Waals surface area contributed by atoms with Crippen LogP contribution in [-0.2, 0) is 4.79 Å². The molecule has 1 saturated carbocycles. The molecule has 19 heavy (non-hydrogen) atoms. The molecular weight excluding hydrogens is 266 g/mol. The van der Waals surface area contributed by atoms with E-state index in [1.54, 1.807) is 13.0 Å². The maximum absolute atomic E-state index is 11.5. The molecule has 1 aromatic heterocycles. The zero-order chi connectivity index (χ0) is 12.7. The molecule has 1 aliphatic rings. The number of rotatable bonds is 3. The van der Waals surface area contributed by atoms with Crippen molar-refractivity contribution in [2.24, 2.45) is 5.73 Å². The minimum absolute atomic E-state index is 0. The van der Waals surface area contributed by atoms with Crippen LogP contribution in [0.4, 0.5) is 5.69 Å². The van der Waals surface area contributed by atoms with E-state index in [1.807, 2.05) is 12.1 Å². The van der Waals surface area contributed by atoms with E-state index in [0.717, 1.165) is 29.8 Å². The lowest BCUT2D eigenvalue weighted by Crippen LogP contribution is -2.32. The van der Waals surface area contributed by atoms with E-state index in [2.05, 4.69) is 10.3 Å². The average molecular weight is 282 g/mol. The van der Waals surface area contributed by atoms with Gasteiger partial charge in [-0.15, -0.1) is 12.4 Å². The van der Waals surface area contributed by atoms with Crippen molar-refractivity contribution >= 4 is 35.1 Å². The molecule has 1 aromatic carbocycles. The van der Waals surface area contributed by atoms with Gasteiger partial charge in [-0.25, -0.2) is 4.98 Å². The number of oxazole rings is 1. The van der Waals surface area contributed by atoms with Crippen molar-refractivity contribution in [3.63, 3.8) is 0 Å². The quantitative estimate of drug-likeness (QED) is 0.905. The second-order valence-corrected chi connectivity index (χ2v) is 4.79. The third-order valence-electron chi connectivity index (χ3n) is 3.01. The number of nitrogens with zero attached hydrogens (tertiary/aromatic N) is 1. The number of nitrogens with two attached hydrogens (primary N) is 1. The van der Waals surface area contributed by atoms with Crippen LogP contribution in [0.1, 0.15) is 31.6 Å². The summed E-state index contributed by atoms with van der Waals surface area (Å²) in [7, 11) is 0. The fraction of sp³-hybridized carbons (Fsp3) is 0.385. The largest absolute Gasteiger partial charge is 0.440 e. The van der Waals surface area contributed by atoms with E-state index >= 15 is 0 Å². The van der Waals surface area contributed by atoms with E-state index in [-0.39, 0.29) is 18.3 Å². The molecule has 1 heterocycles. The predicted octanol–water partition coefficient (Wildman–Crippen LogP) is 2.41. The van der Waals surface area contributed by atoms with E-state index in [9.17, 15) is 4.79 Å². The molecule has 3 N–H and O–H groups in total. The van der Waals surface area contributed by atoms with E-state index < -0.39 is 6.04 Å². The molecule has 0 saturated heterocycles. The number of fused-ring (bicyclic) bond motifs is 1. The first kappa shape index (κ1) is 13.8. The standard InChI is InChI=1S/C13H15N3O2.ClH/c1-7(14)12(17)15-9-4-5-11-10(6-9)16-13(18-11)8-2-3-8;/h4-8H,2-3,14H2,1H3,(H,15,17);1H/t7-;/m0./s1. The van der Waals surface area contributed by atoms with Gasteiger partial charge in [0.25, 0.3) is 0 Å². The first-order valence-corrected chi connectivity index (χ1v) is 6.10. The maximum Gasteiger partial charge on any atom is 0.240 e. The summed E-state index contributed by atoms with van der Waals surface area (Å²) in [5.41, 5.74) is 7.73. The van der Waals surface area contributed by atoms with Gasteiger partial charge < -0.3 is 15.5 Å². The summed E-state index contributed by atoms with van der Waals surface area (Å²) in [6.45, 7) is 1.65. The number of anilines is 1. The van der Waals surface area contributed by atoms with Crippen molar-refractivity contribution in [2.45, 2.75) is 31.7 Å². The summed E-state index contributed by atoms with van der Waals surface area (Å²) in [5, 5.41) is 2.74. The molecular formula is C13H16ClN3O2. The number of aromatic nitrogens is 1. The molecule has 0 unspecified atom stereocenters. The highest BCUT2D eigenvalue weighted by atomic mass is 35.5. The van der Waals surface area contributed by atoms with Crippen LogP contribution in [0.3, 0.4) is 0 Å². The smallest absolute Gasteiger partial charge is 0.240 e. The van der Waals surface area contributed by atoms with Gasteiger partial charge in [-0.3, -0.25) is 4.79 Å². The minimum Gasteiger partial charge on any atom is -0.440 e. The van der Waals surface area contributed by atoms with Crippen molar-refractivity contribution < 1.29 is 9.21 Å². The highest BCUT2D eigenvalue weighted by Crippen LogP contribution is 2.40. The third-order valence-corrected chi connectivity index (χ3v) is 3.01. The molecule has 0 bridgehead atoms. The zero-order valence-electron chi connectivity index (χ0n) is 10.6. The lowest BCUT2D eigenvalue weighted by molar-refractivity contribution is -0.117. The first-order valence-electron chi connectivity index (χ1n) is 6.10. The Bertz CT molecular complexity index is 605. The minimum atomic E-state index is -0.528. The van der Waals surface area contributed by atoms with E-state index in [1.165, 1.54) is 0 Å². The lowest BCUT2D eigenvalue weighted by Gasteiger charge is -2.06. The maximum atomic E-state index is 11.5. The monoisotopic (exact) mass is 281 g/mol. The lowest BCUT2D eigenvalue weighted by atomic mass is 10.2. The molecule has 0 radical (unpaired) electrons. The molecule has 1 amide bonds. The number of halogens is 1. The number of benzene rings is 1. The van der Waals surface area contributed by atoms with E-state index in [4.69, 9.17) is 10.2 Å². The predicted molar refractivity (Wildman–Crippen MR) is 75.5 cm³/mol. The van der Waals surface area contributed by atoms with Gasteiger partial charge in [-0.1, -0.05) is 0 Å². The number of carbonyl (C=O) groups is 1. The average Bonchev–Trinajstić information content (AvgIpc) is 3.09. The Morgan fingerprint density at radius 3 is 2.89 bits per heavy atom. The molecule has 0 aliphatic heterocycles. The molecule has 1 fully saturated rings. The highest BCUT2D eigenvalue weighted by molar-refractivity contribution is 5.95. The fourth-order valence-electron chi connectivity index (χ4n) is 1.78. The Morgan fingerprint density at radius 1 is 1.53 bits per heavy atom. The highest BCUT2D eigenvalue weighted by Gasteiger charge is 2.28. The number of nitrogens with one attached hydrogen (secondary N) is 1. The molecule has 3 rings (SSSR count). The zero-order valence-corrected chi connectivity index (χ0v) is 11.4. The molecule has 2 aromatic rings. The Balaban J connectivity index is 0.00000133. The summed E-state index contributed by atoms with van der Waals surface area (Å²) < 4.78 is 5.65. The van der Waals surface area contributed by atoms with Gasteiger partial charge >= 0.3 is 0 Å². The Labute approximate surface area is 117 Å². The van der Waals surface area contributed by atoms with Crippen LogP contribution in [0.5, 0.6) is 0 Å². The van der Waals surface area contributed by atoms with Crippen LogP contribution in [0.15, 0.2) is 22.6 Å². The molecule has 6 heteroatoms. The van der Waals surface area contributed by atoms with Gasteiger partial charge in [0.1, 0.15) is 5.52 Å². The second kappa shape index (κ2) is 5.19. The van der Waals surface area contributed by atoms with Crippen molar-refractivity contribution in [1.29, 1.82) is 0 Å². The molecule has 1 atom stereocenters. The summed E-state index contributed by atoms with van der Waals surface area (Å²) >= 11 is 0. The summed E-state index contributed by atoms with van der Waals surface area (Å²) in [4.78, 5) is 15.9. The van der Waals surface area contributed by atoms with Gasteiger partial charge in [-0.05, 0) is 38.0 Å². The summed E-state index contributed by atoms with van der Waals surface area (Å²) in [5.74, 6) is 1.08. The van der Waals surface area contributed by atoms with Crippen LogP contribution >= 0.6 is 12.4 Å². The van der Waals surface area contributed by atoms with Crippen molar-refractivity contribution in [3.05, 3.63) is 24.1 Å². The molecule has 0 spiro atoms. The van der Waals surface area contributed by atoms with Crippen LogP contribution in [-0.4, -0.2) is 16.9 Å². The first-order chi connectivity index (χ1) is 8.63. The second-order valence-electron chi connectivity index (χ2n) is 4.79. The van der Waals surface area contributed by atoms with Crippen LogP contribution in [0.2, 0.25) is 0 Å². The number of amides is 1. The number of hydrogen-bond donors (Lipinski definition) is 2. The molecule has 102 valence electrons. The van der Waals surface area contributed by atoms with Gasteiger partial charge in [0.05, 0.1) is 6.04 Å². The molecule has 5 nitrogen and oxygen atoms in total. The third kappa shape index (κ3) is 2.88. The number of hydrogen-bond acceptors (Lipinski definition) is 4. The number of carbonyl (C=O) groups excluding carboxylic acids is 1. The van der Waals surface area contributed by atoms with Crippen LogP contribution < -0.4 is 11.1 Å². The van der Waals surface area contributed by atoms with Crippen molar-refractivity contribution in [3.8, 4) is 0 Å². The van der Waals surface area contributed by atoms with Crippen LogP contribution in [0.25, 0.3) is 11.1 Å². The fourth-order valence-corrected chi connectivity index (χ4v) is 1.78. The van der Waals surface area contributed by atoms with Gasteiger partial charge in [0.2, 0.25) is 5.91 Å². The van der Waals surface area contributed by atoms with Crippen molar-refractivity contribution in [2.75, 3.05) is 5.32 Å². The van der Waals surface area contributed by atoms with Gasteiger partial charge in [0.15, 0.2) is 11.5 Å². The molecule has 1 aliphatic carbocycles. The summed E-state index contributed by atoms with van der Waals surface area (Å²) in [6, 6.07) is 4.90. The van der Waals surface area contributed by atoms with Gasteiger partial charge in [-0.2, -0.15) is 0 Å². The Hall–Kier alpha value is -1.59. The van der Waals surface area contributed by atoms with Crippen LogP contribution in [0, 0.1) is 0 Å². The SMILES string of the molecule is C[C@H](N)C(=O)Nc1ccc2oc(C3CC3)nc2c1.Cl. The Morgan fingerprint density at radius 2 is 2.26 bits per heavy atom. The topological polar surface area (TPSA) is 81.2 Å².